The van der Waals surface area contributed by atoms with Crippen molar-refractivity contribution in [2.75, 3.05) is 6.54 Å². The number of ether oxygens (including phenoxy) is 2. The molecule has 0 bridgehead atoms. The van der Waals surface area contributed by atoms with E-state index in [1.165, 1.54) is 4.90 Å². The highest BCUT2D eigenvalue weighted by molar-refractivity contribution is 5.90. The van der Waals surface area contributed by atoms with Crippen LogP contribution in [0.3, 0.4) is 0 Å². The van der Waals surface area contributed by atoms with E-state index in [9.17, 15) is 19.5 Å². The molecular weight excluding hydrogens is 466 g/mol. The van der Waals surface area contributed by atoms with Gasteiger partial charge in [0, 0.05) is 24.2 Å². The lowest BCUT2D eigenvalue weighted by Crippen LogP contribution is -2.57. The molecule has 0 radical (unpaired) electrons. The zero-order valence-electron chi connectivity index (χ0n) is 20.8. The molecule has 2 fully saturated rings. The Hall–Kier alpha value is -3.56. The molecule has 2 aromatic heterocycles. The lowest BCUT2D eigenvalue weighted by atomic mass is 9.85. The van der Waals surface area contributed by atoms with E-state index in [4.69, 9.17) is 13.9 Å². The number of rotatable bonds is 7. The molecule has 0 aromatic carbocycles. The van der Waals surface area contributed by atoms with Gasteiger partial charge in [0.05, 0.1) is 24.8 Å². The van der Waals surface area contributed by atoms with Gasteiger partial charge in [-0.3, -0.25) is 9.78 Å². The van der Waals surface area contributed by atoms with Crippen molar-refractivity contribution in [2.45, 2.75) is 77.2 Å². The fourth-order valence-electron chi connectivity index (χ4n) is 4.73. The third-order valence-electron chi connectivity index (χ3n) is 6.63. The molecule has 10 heteroatoms. The first-order valence-electron chi connectivity index (χ1n) is 12.3. The summed E-state index contributed by atoms with van der Waals surface area (Å²) < 4.78 is 16.7. The Balaban J connectivity index is 1.47. The number of amides is 2. The standard InChI is InChI=1S/C26H33N3O7/c1-26(2,3)22(28-25(33)36-17-6-4-5-7-17)23(30)29-14-19(13-21(29)24(31)32)35-18-8-10-27-20(12-18)16-9-11-34-15-16/h8-12,15,17,19,21-22H,4-7,13-14H2,1-3H3,(H,28,33)(H,31,32). The smallest absolute Gasteiger partial charge is 0.408 e. The number of carbonyl (C=O) groups is 3. The molecule has 10 nitrogen and oxygen atoms in total. The van der Waals surface area contributed by atoms with Crippen molar-refractivity contribution in [2.24, 2.45) is 5.41 Å². The minimum atomic E-state index is -1.12. The van der Waals surface area contributed by atoms with Gasteiger partial charge in [-0.2, -0.15) is 0 Å². The van der Waals surface area contributed by atoms with Crippen LogP contribution in [0.25, 0.3) is 11.3 Å². The second-order valence-electron chi connectivity index (χ2n) is 10.5. The fraction of sp³-hybridized carbons (Fsp3) is 0.538. The van der Waals surface area contributed by atoms with Crippen molar-refractivity contribution in [3.05, 3.63) is 36.9 Å². The molecular formula is C26H33N3O7. The normalized spacial score (nSPS) is 21.2. The minimum absolute atomic E-state index is 0.0745. The summed E-state index contributed by atoms with van der Waals surface area (Å²) in [6, 6.07) is 3.17. The van der Waals surface area contributed by atoms with Crippen molar-refractivity contribution in [3.8, 4) is 17.0 Å². The molecule has 194 valence electrons. The van der Waals surface area contributed by atoms with Crippen LogP contribution in [-0.2, 0) is 14.3 Å². The summed E-state index contributed by atoms with van der Waals surface area (Å²) in [4.78, 5) is 43.8. The largest absolute Gasteiger partial charge is 0.488 e. The molecule has 3 heterocycles. The summed E-state index contributed by atoms with van der Waals surface area (Å²) in [7, 11) is 0. The average Bonchev–Trinajstić information content (AvgIpc) is 3.58. The number of aliphatic carboxylic acids is 1. The number of nitrogens with one attached hydrogen (secondary N) is 1. The van der Waals surface area contributed by atoms with Crippen LogP contribution < -0.4 is 10.1 Å². The van der Waals surface area contributed by atoms with Crippen molar-refractivity contribution < 1.29 is 33.4 Å². The topological polar surface area (TPSA) is 131 Å². The number of alkyl carbamates (subject to hydrolysis) is 1. The van der Waals surface area contributed by atoms with E-state index in [1.807, 2.05) is 20.8 Å². The van der Waals surface area contributed by atoms with Gasteiger partial charge >= 0.3 is 12.1 Å². The maximum Gasteiger partial charge on any atom is 0.408 e. The number of carboxylic acid groups (broad SMARTS) is 1. The predicted octanol–water partition coefficient (Wildman–Crippen LogP) is 3.86. The predicted molar refractivity (Wildman–Crippen MR) is 129 cm³/mol. The highest BCUT2D eigenvalue weighted by atomic mass is 16.6. The Morgan fingerprint density at radius 2 is 1.94 bits per heavy atom. The zero-order chi connectivity index (χ0) is 25.9. The van der Waals surface area contributed by atoms with Crippen LogP contribution in [-0.4, -0.2) is 63.8 Å². The number of hydrogen-bond acceptors (Lipinski definition) is 7. The Labute approximate surface area is 210 Å². The Bertz CT molecular complexity index is 1070. The second kappa shape index (κ2) is 10.6. The van der Waals surface area contributed by atoms with Crippen LogP contribution in [0.15, 0.2) is 41.3 Å². The summed E-state index contributed by atoms with van der Waals surface area (Å²) in [5.74, 6) is -1.09. The molecule has 2 N–H and O–H groups in total. The summed E-state index contributed by atoms with van der Waals surface area (Å²) in [5, 5.41) is 12.6. The van der Waals surface area contributed by atoms with Crippen LogP contribution in [0.1, 0.15) is 52.9 Å². The highest BCUT2D eigenvalue weighted by Crippen LogP contribution is 2.30. The molecule has 2 amide bonds. The lowest BCUT2D eigenvalue weighted by Gasteiger charge is -2.34. The van der Waals surface area contributed by atoms with E-state index in [0.717, 1.165) is 31.2 Å². The number of carbonyl (C=O) groups excluding carboxylic acids is 2. The Morgan fingerprint density at radius 3 is 2.58 bits per heavy atom. The van der Waals surface area contributed by atoms with E-state index in [-0.39, 0.29) is 19.1 Å². The van der Waals surface area contributed by atoms with Crippen molar-refractivity contribution in [1.82, 2.24) is 15.2 Å². The van der Waals surface area contributed by atoms with E-state index in [1.54, 1.807) is 36.9 Å². The number of pyridine rings is 1. The average molecular weight is 500 g/mol. The van der Waals surface area contributed by atoms with Gasteiger partial charge in [-0.15, -0.1) is 0 Å². The molecule has 0 spiro atoms. The van der Waals surface area contributed by atoms with Crippen molar-refractivity contribution in [3.63, 3.8) is 0 Å². The number of furan rings is 1. The maximum atomic E-state index is 13.6. The number of aromatic nitrogens is 1. The monoisotopic (exact) mass is 499 g/mol. The first kappa shape index (κ1) is 25.5. The third kappa shape index (κ3) is 5.98. The molecule has 36 heavy (non-hydrogen) atoms. The summed E-state index contributed by atoms with van der Waals surface area (Å²) in [6.07, 6.45) is 7.13. The molecule has 3 unspecified atom stereocenters. The zero-order valence-corrected chi connectivity index (χ0v) is 20.8. The number of hydrogen-bond donors (Lipinski definition) is 2. The summed E-state index contributed by atoms with van der Waals surface area (Å²) in [5.41, 5.74) is 0.772. The van der Waals surface area contributed by atoms with Crippen LogP contribution in [0.2, 0.25) is 0 Å². The van der Waals surface area contributed by atoms with E-state index in [0.29, 0.717) is 11.4 Å². The minimum Gasteiger partial charge on any atom is -0.488 e. The van der Waals surface area contributed by atoms with Gasteiger partial charge in [-0.05, 0) is 43.2 Å². The van der Waals surface area contributed by atoms with Gasteiger partial charge in [0.25, 0.3) is 0 Å². The maximum absolute atomic E-state index is 13.6. The highest BCUT2D eigenvalue weighted by Gasteiger charge is 2.46. The number of nitrogens with zero attached hydrogens (tertiary/aromatic N) is 2. The van der Waals surface area contributed by atoms with Gasteiger partial charge < -0.3 is 29.2 Å². The lowest BCUT2D eigenvalue weighted by molar-refractivity contribution is -0.150. The molecule has 1 aliphatic carbocycles. The first-order valence-corrected chi connectivity index (χ1v) is 12.3. The quantitative estimate of drug-likeness (QED) is 0.587. The van der Waals surface area contributed by atoms with E-state index >= 15 is 0 Å². The molecule has 2 aromatic rings. The van der Waals surface area contributed by atoms with Gasteiger partial charge in [0.2, 0.25) is 5.91 Å². The van der Waals surface area contributed by atoms with Gasteiger partial charge in [-0.1, -0.05) is 20.8 Å². The number of likely N-dealkylation sites (tertiary alicyclic amines) is 1. The van der Waals surface area contributed by atoms with Crippen LogP contribution >= 0.6 is 0 Å². The summed E-state index contributed by atoms with van der Waals surface area (Å²) >= 11 is 0. The molecule has 1 saturated heterocycles. The van der Waals surface area contributed by atoms with Crippen LogP contribution in [0.5, 0.6) is 5.75 Å². The van der Waals surface area contributed by atoms with Crippen LogP contribution in [0.4, 0.5) is 4.79 Å². The summed E-state index contributed by atoms with van der Waals surface area (Å²) in [6.45, 7) is 5.53. The number of carboxylic acids is 1. The van der Waals surface area contributed by atoms with Gasteiger partial charge in [0.1, 0.15) is 30.0 Å². The molecule has 3 atom stereocenters. The fourth-order valence-corrected chi connectivity index (χ4v) is 4.73. The Kier molecular flexibility index (Phi) is 7.51. The first-order chi connectivity index (χ1) is 17.1. The third-order valence-corrected chi connectivity index (χ3v) is 6.63. The van der Waals surface area contributed by atoms with Gasteiger partial charge in [-0.25, -0.2) is 9.59 Å². The Morgan fingerprint density at radius 1 is 1.19 bits per heavy atom. The van der Waals surface area contributed by atoms with Crippen molar-refractivity contribution >= 4 is 18.0 Å². The van der Waals surface area contributed by atoms with Gasteiger partial charge in [0.15, 0.2) is 0 Å². The molecule has 1 aliphatic heterocycles. The molecule has 4 rings (SSSR count). The SMILES string of the molecule is CC(C)(C)C(NC(=O)OC1CCCC1)C(=O)N1CC(Oc2ccnc(-c3ccoc3)c2)CC1C(=O)O. The second-order valence-corrected chi connectivity index (χ2v) is 10.5. The van der Waals surface area contributed by atoms with E-state index in [2.05, 4.69) is 10.3 Å². The van der Waals surface area contributed by atoms with E-state index < -0.39 is 41.6 Å². The van der Waals surface area contributed by atoms with Crippen molar-refractivity contribution in [1.29, 1.82) is 0 Å². The van der Waals surface area contributed by atoms with Crippen LogP contribution in [0, 0.1) is 5.41 Å². The molecule has 1 saturated carbocycles. The molecule has 2 aliphatic rings.